The van der Waals surface area contributed by atoms with E-state index >= 15 is 0 Å². The van der Waals surface area contributed by atoms with Gasteiger partial charge in [-0.15, -0.1) is 0 Å². The number of carbonyl (C=O) groups is 2. The molecule has 9 heteroatoms. The predicted molar refractivity (Wildman–Crippen MR) is 124 cm³/mol. The van der Waals surface area contributed by atoms with E-state index in [0.717, 1.165) is 5.56 Å². The van der Waals surface area contributed by atoms with Crippen molar-refractivity contribution in [2.24, 2.45) is 5.92 Å². The van der Waals surface area contributed by atoms with Crippen LogP contribution in [-0.4, -0.2) is 61.8 Å². The number of aryl methyl sites for hydroxylation is 1. The lowest BCUT2D eigenvalue weighted by Crippen LogP contribution is -2.57. The molecule has 0 unspecified atom stereocenters. The number of hydrogen-bond donors (Lipinski definition) is 2. The Labute approximate surface area is 189 Å². The Morgan fingerprint density at radius 2 is 1.50 bits per heavy atom. The van der Waals surface area contributed by atoms with Gasteiger partial charge in [0.15, 0.2) is 0 Å². The average Bonchev–Trinajstić information content (AvgIpc) is 2.78. The fourth-order valence-corrected chi connectivity index (χ4v) is 4.97. The molecule has 2 aromatic carbocycles. The molecule has 1 fully saturated rings. The van der Waals surface area contributed by atoms with Gasteiger partial charge in [0.1, 0.15) is 6.04 Å². The van der Waals surface area contributed by atoms with Crippen molar-refractivity contribution >= 4 is 27.6 Å². The lowest BCUT2D eigenvalue weighted by molar-refractivity contribution is -0.135. The summed E-state index contributed by atoms with van der Waals surface area (Å²) in [5, 5.41) is 5.49. The number of amides is 3. The highest BCUT2D eigenvalue weighted by Crippen LogP contribution is 2.19. The molecule has 0 spiro atoms. The monoisotopic (exact) mass is 458 g/mol. The number of sulfonamides is 1. The third-order valence-corrected chi connectivity index (χ3v) is 7.37. The van der Waals surface area contributed by atoms with Crippen molar-refractivity contribution in [3.8, 4) is 0 Å². The van der Waals surface area contributed by atoms with Crippen molar-refractivity contribution in [2.75, 3.05) is 31.5 Å². The van der Waals surface area contributed by atoms with Crippen molar-refractivity contribution < 1.29 is 18.0 Å². The maximum atomic E-state index is 13.1. The van der Waals surface area contributed by atoms with Gasteiger partial charge in [-0.25, -0.2) is 13.2 Å². The molecule has 8 nitrogen and oxygen atoms in total. The van der Waals surface area contributed by atoms with Crippen LogP contribution in [-0.2, 0) is 14.8 Å². The van der Waals surface area contributed by atoms with Gasteiger partial charge in [-0.2, -0.15) is 4.31 Å². The molecule has 3 rings (SSSR count). The highest BCUT2D eigenvalue weighted by molar-refractivity contribution is 7.89. The van der Waals surface area contributed by atoms with E-state index in [1.165, 1.54) is 4.31 Å². The van der Waals surface area contributed by atoms with Crippen LogP contribution in [0.25, 0.3) is 0 Å². The van der Waals surface area contributed by atoms with Gasteiger partial charge in [0.25, 0.3) is 0 Å². The minimum atomic E-state index is -3.60. The Kier molecular flexibility index (Phi) is 7.52. The van der Waals surface area contributed by atoms with Gasteiger partial charge in [0.2, 0.25) is 15.9 Å². The highest BCUT2D eigenvalue weighted by atomic mass is 32.2. The molecule has 0 aromatic heterocycles. The summed E-state index contributed by atoms with van der Waals surface area (Å²) in [5.74, 6) is -0.339. The Bertz CT molecular complexity index is 1030. The predicted octanol–water partition coefficient (Wildman–Crippen LogP) is 2.67. The lowest BCUT2D eigenvalue weighted by Gasteiger charge is -2.36. The fraction of sp³-hybridized carbons (Fsp3) is 0.391. The zero-order valence-electron chi connectivity index (χ0n) is 18.6. The summed E-state index contributed by atoms with van der Waals surface area (Å²) in [5.41, 5.74) is 1.62. The zero-order valence-corrected chi connectivity index (χ0v) is 19.4. The molecule has 0 aliphatic carbocycles. The standard InChI is InChI=1S/C23H30N4O4S/c1-17(2)21(25-23(29)24-19-7-5-4-6-8-19)22(28)26-13-15-27(16-14-26)32(30,31)20-11-9-18(3)10-12-20/h4-12,17,21H,13-16H2,1-3H3,(H2,24,25,29)/t21-/m1/s1. The van der Waals surface area contributed by atoms with E-state index in [1.807, 2.05) is 39.0 Å². The summed E-state index contributed by atoms with van der Waals surface area (Å²) < 4.78 is 27.2. The molecule has 0 radical (unpaired) electrons. The van der Waals surface area contributed by atoms with Crippen LogP contribution in [0, 0.1) is 12.8 Å². The lowest BCUT2D eigenvalue weighted by atomic mass is 10.0. The number of anilines is 1. The van der Waals surface area contributed by atoms with Crippen LogP contribution in [0.4, 0.5) is 10.5 Å². The van der Waals surface area contributed by atoms with E-state index in [-0.39, 0.29) is 42.9 Å². The maximum Gasteiger partial charge on any atom is 0.319 e. The normalized spacial score (nSPS) is 15.9. The van der Waals surface area contributed by atoms with Gasteiger partial charge in [-0.3, -0.25) is 4.79 Å². The number of hydrogen-bond acceptors (Lipinski definition) is 4. The zero-order chi connectivity index (χ0) is 23.3. The first kappa shape index (κ1) is 23.7. The molecule has 2 aromatic rings. The van der Waals surface area contributed by atoms with Crippen molar-refractivity contribution in [1.82, 2.24) is 14.5 Å². The Hall–Kier alpha value is -2.91. The summed E-state index contributed by atoms with van der Waals surface area (Å²) in [6.45, 7) is 6.60. The van der Waals surface area contributed by atoms with E-state index in [0.29, 0.717) is 5.69 Å². The average molecular weight is 459 g/mol. The van der Waals surface area contributed by atoms with Crippen LogP contribution in [0.2, 0.25) is 0 Å². The smallest absolute Gasteiger partial charge is 0.319 e. The molecule has 1 atom stereocenters. The molecule has 1 aliphatic heterocycles. The van der Waals surface area contributed by atoms with Crippen LogP contribution in [0.5, 0.6) is 0 Å². The van der Waals surface area contributed by atoms with Gasteiger partial charge in [-0.05, 0) is 37.1 Å². The quantitative estimate of drug-likeness (QED) is 0.695. The molecule has 0 bridgehead atoms. The van der Waals surface area contributed by atoms with E-state index < -0.39 is 22.1 Å². The van der Waals surface area contributed by atoms with Crippen LogP contribution in [0.3, 0.4) is 0 Å². The Morgan fingerprint density at radius 3 is 2.06 bits per heavy atom. The molecule has 172 valence electrons. The van der Waals surface area contributed by atoms with Crippen LogP contribution in [0.15, 0.2) is 59.5 Å². The number of rotatable bonds is 6. The number of carbonyl (C=O) groups excluding carboxylic acids is 2. The van der Waals surface area contributed by atoms with E-state index in [1.54, 1.807) is 41.3 Å². The minimum absolute atomic E-state index is 0.127. The van der Waals surface area contributed by atoms with Crippen LogP contribution < -0.4 is 10.6 Å². The Morgan fingerprint density at radius 1 is 0.906 bits per heavy atom. The maximum absolute atomic E-state index is 13.1. The van der Waals surface area contributed by atoms with Crippen molar-refractivity contribution in [3.05, 3.63) is 60.2 Å². The summed E-state index contributed by atoms with van der Waals surface area (Å²) in [6.07, 6.45) is 0. The fourth-order valence-electron chi connectivity index (χ4n) is 3.55. The van der Waals surface area contributed by atoms with Crippen molar-refractivity contribution in [2.45, 2.75) is 31.7 Å². The molecule has 32 heavy (non-hydrogen) atoms. The number of benzene rings is 2. The molecule has 1 saturated heterocycles. The molecular formula is C23H30N4O4S. The number of piperazine rings is 1. The van der Waals surface area contributed by atoms with Crippen molar-refractivity contribution in [1.29, 1.82) is 0 Å². The first-order valence-electron chi connectivity index (χ1n) is 10.7. The summed E-state index contributed by atoms with van der Waals surface area (Å²) >= 11 is 0. The van der Waals surface area contributed by atoms with Gasteiger partial charge in [-0.1, -0.05) is 49.7 Å². The minimum Gasteiger partial charge on any atom is -0.338 e. The van der Waals surface area contributed by atoms with E-state index in [4.69, 9.17) is 0 Å². The third-order valence-electron chi connectivity index (χ3n) is 5.46. The molecular weight excluding hydrogens is 428 g/mol. The number of urea groups is 1. The number of nitrogens with zero attached hydrogens (tertiary/aromatic N) is 2. The van der Waals surface area contributed by atoms with Gasteiger partial charge < -0.3 is 15.5 Å². The second-order valence-electron chi connectivity index (χ2n) is 8.23. The largest absolute Gasteiger partial charge is 0.338 e. The molecule has 1 heterocycles. The van der Waals surface area contributed by atoms with Gasteiger partial charge in [0, 0.05) is 31.9 Å². The summed E-state index contributed by atoms with van der Waals surface area (Å²) in [6, 6.07) is 14.6. The Balaban J connectivity index is 1.60. The topological polar surface area (TPSA) is 98.8 Å². The molecule has 0 saturated carbocycles. The summed E-state index contributed by atoms with van der Waals surface area (Å²) in [4.78, 5) is 27.4. The van der Waals surface area contributed by atoms with E-state index in [2.05, 4.69) is 10.6 Å². The van der Waals surface area contributed by atoms with E-state index in [9.17, 15) is 18.0 Å². The van der Waals surface area contributed by atoms with Crippen molar-refractivity contribution in [3.63, 3.8) is 0 Å². The molecule has 1 aliphatic rings. The number of para-hydroxylation sites is 1. The third kappa shape index (κ3) is 5.66. The van der Waals surface area contributed by atoms with Gasteiger partial charge in [0.05, 0.1) is 4.90 Å². The van der Waals surface area contributed by atoms with Gasteiger partial charge >= 0.3 is 6.03 Å². The molecule has 2 N–H and O–H groups in total. The SMILES string of the molecule is Cc1ccc(S(=O)(=O)N2CCN(C(=O)[C@H](NC(=O)Nc3ccccc3)C(C)C)CC2)cc1. The highest BCUT2D eigenvalue weighted by Gasteiger charge is 2.34. The number of nitrogens with one attached hydrogen (secondary N) is 2. The van der Waals surface area contributed by atoms with Crippen LogP contribution in [0.1, 0.15) is 19.4 Å². The second kappa shape index (κ2) is 10.1. The first-order chi connectivity index (χ1) is 15.2. The second-order valence-corrected chi connectivity index (χ2v) is 10.2. The molecule has 3 amide bonds. The van der Waals surface area contributed by atoms with Crippen LogP contribution >= 0.6 is 0 Å². The summed E-state index contributed by atoms with van der Waals surface area (Å²) in [7, 11) is -3.60. The first-order valence-corrected chi connectivity index (χ1v) is 12.1.